The van der Waals surface area contributed by atoms with Gasteiger partial charge in [-0.1, -0.05) is 26.0 Å². The highest BCUT2D eigenvalue weighted by atomic mass is 19.1. The average molecular weight is 361 g/mol. The van der Waals surface area contributed by atoms with Gasteiger partial charge in [0.05, 0.1) is 12.8 Å². The van der Waals surface area contributed by atoms with Crippen LogP contribution in [0.1, 0.15) is 13.8 Å². The Morgan fingerprint density at radius 1 is 1.23 bits per heavy atom. The van der Waals surface area contributed by atoms with Gasteiger partial charge in [0, 0.05) is 11.6 Å². The molecule has 0 aliphatic heterocycles. The van der Waals surface area contributed by atoms with Crippen LogP contribution >= 0.6 is 0 Å². The summed E-state index contributed by atoms with van der Waals surface area (Å²) >= 11 is 0. The SMILES string of the molecule is COC(=O)[C@@H](NC(=O)Cn1nc(-c2ccccc2F)ccc1=O)C(C)C. The number of hydrogen-bond donors (Lipinski definition) is 1. The van der Waals surface area contributed by atoms with Gasteiger partial charge in [0.2, 0.25) is 5.91 Å². The Bertz CT molecular complexity index is 864. The Morgan fingerprint density at radius 2 is 1.92 bits per heavy atom. The molecule has 0 saturated heterocycles. The minimum absolute atomic E-state index is 0.194. The van der Waals surface area contributed by atoms with E-state index in [4.69, 9.17) is 0 Å². The first-order chi connectivity index (χ1) is 12.3. The molecule has 0 aliphatic rings. The Morgan fingerprint density at radius 3 is 2.54 bits per heavy atom. The molecule has 1 aromatic carbocycles. The van der Waals surface area contributed by atoms with Crippen LogP contribution in [0.4, 0.5) is 4.39 Å². The number of methoxy groups -OCH3 is 1. The number of carbonyl (C=O) groups excluding carboxylic acids is 2. The summed E-state index contributed by atoms with van der Waals surface area (Å²) in [6.07, 6.45) is 0. The van der Waals surface area contributed by atoms with Crippen molar-refractivity contribution in [2.75, 3.05) is 7.11 Å². The van der Waals surface area contributed by atoms with Gasteiger partial charge in [0.15, 0.2) is 0 Å². The van der Waals surface area contributed by atoms with E-state index in [0.29, 0.717) is 0 Å². The van der Waals surface area contributed by atoms with E-state index in [1.165, 1.54) is 31.4 Å². The highest BCUT2D eigenvalue weighted by Crippen LogP contribution is 2.18. The third-order valence-electron chi connectivity index (χ3n) is 3.75. The third-order valence-corrected chi connectivity index (χ3v) is 3.75. The molecule has 1 N–H and O–H groups in total. The largest absolute Gasteiger partial charge is 0.467 e. The number of nitrogens with zero attached hydrogens (tertiary/aromatic N) is 2. The van der Waals surface area contributed by atoms with Crippen molar-refractivity contribution in [1.82, 2.24) is 15.1 Å². The van der Waals surface area contributed by atoms with Crippen LogP contribution in [-0.4, -0.2) is 34.8 Å². The zero-order valence-corrected chi connectivity index (χ0v) is 14.7. The van der Waals surface area contributed by atoms with Gasteiger partial charge in [-0.25, -0.2) is 13.9 Å². The van der Waals surface area contributed by atoms with Gasteiger partial charge in [-0.2, -0.15) is 5.10 Å². The van der Waals surface area contributed by atoms with E-state index in [0.717, 1.165) is 4.68 Å². The summed E-state index contributed by atoms with van der Waals surface area (Å²) in [5, 5.41) is 6.57. The van der Waals surface area contributed by atoms with Gasteiger partial charge < -0.3 is 10.1 Å². The molecular formula is C18H20FN3O4. The topological polar surface area (TPSA) is 90.3 Å². The second-order valence-corrected chi connectivity index (χ2v) is 6.01. The third kappa shape index (κ3) is 4.53. The van der Waals surface area contributed by atoms with Gasteiger partial charge in [-0.3, -0.25) is 9.59 Å². The fourth-order valence-electron chi connectivity index (χ4n) is 2.35. The molecule has 0 unspecified atom stereocenters. The van der Waals surface area contributed by atoms with Crippen molar-refractivity contribution in [3.8, 4) is 11.3 Å². The molecule has 0 aliphatic carbocycles. The summed E-state index contributed by atoms with van der Waals surface area (Å²) in [6, 6.07) is 7.76. The van der Waals surface area contributed by atoms with Crippen molar-refractivity contribution in [3.63, 3.8) is 0 Å². The fraction of sp³-hybridized carbons (Fsp3) is 0.333. The number of carbonyl (C=O) groups is 2. The average Bonchev–Trinajstić information content (AvgIpc) is 2.61. The van der Waals surface area contributed by atoms with Crippen molar-refractivity contribution in [1.29, 1.82) is 0 Å². The van der Waals surface area contributed by atoms with E-state index < -0.39 is 35.8 Å². The van der Waals surface area contributed by atoms with E-state index in [9.17, 15) is 18.8 Å². The summed E-state index contributed by atoms with van der Waals surface area (Å²) in [5.74, 6) is -1.83. The zero-order valence-electron chi connectivity index (χ0n) is 14.7. The van der Waals surface area contributed by atoms with E-state index in [1.54, 1.807) is 26.0 Å². The minimum Gasteiger partial charge on any atom is -0.467 e. The van der Waals surface area contributed by atoms with E-state index in [2.05, 4.69) is 15.2 Å². The molecule has 0 spiro atoms. The van der Waals surface area contributed by atoms with Gasteiger partial charge in [0.1, 0.15) is 18.4 Å². The zero-order chi connectivity index (χ0) is 19.3. The molecule has 0 fully saturated rings. The molecule has 138 valence electrons. The first kappa shape index (κ1) is 19.3. The molecular weight excluding hydrogens is 341 g/mol. The number of nitrogens with one attached hydrogen (secondary N) is 1. The highest BCUT2D eigenvalue weighted by Gasteiger charge is 2.25. The normalized spacial score (nSPS) is 11.9. The second kappa shape index (κ2) is 8.37. The predicted octanol–water partition coefficient (Wildman–Crippen LogP) is 1.36. The molecule has 0 bridgehead atoms. The summed E-state index contributed by atoms with van der Waals surface area (Å²) < 4.78 is 19.5. The van der Waals surface area contributed by atoms with Crippen molar-refractivity contribution >= 4 is 11.9 Å². The molecule has 1 atom stereocenters. The van der Waals surface area contributed by atoms with Crippen molar-refractivity contribution in [3.05, 3.63) is 52.6 Å². The summed E-state index contributed by atoms with van der Waals surface area (Å²) in [4.78, 5) is 35.9. The maximum atomic E-state index is 13.9. The van der Waals surface area contributed by atoms with Gasteiger partial charge in [-0.15, -0.1) is 0 Å². The first-order valence-electron chi connectivity index (χ1n) is 8.03. The molecule has 7 nitrogen and oxygen atoms in total. The van der Waals surface area contributed by atoms with Crippen LogP contribution in [0, 0.1) is 11.7 Å². The maximum absolute atomic E-state index is 13.9. The van der Waals surface area contributed by atoms with Gasteiger partial charge in [0.25, 0.3) is 5.56 Å². The maximum Gasteiger partial charge on any atom is 0.328 e. The molecule has 26 heavy (non-hydrogen) atoms. The molecule has 1 aromatic heterocycles. The van der Waals surface area contributed by atoms with Crippen molar-refractivity contribution in [2.45, 2.75) is 26.4 Å². The Balaban J connectivity index is 2.23. The predicted molar refractivity (Wildman–Crippen MR) is 92.7 cm³/mol. The van der Waals surface area contributed by atoms with Crippen LogP contribution in [0.25, 0.3) is 11.3 Å². The standard InChI is InChI=1S/C18H20FN3O4/c1-11(2)17(18(25)26-3)20-15(23)10-22-16(24)9-8-14(21-22)12-6-4-5-7-13(12)19/h4-9,11,17H,10H2,1-3H3,(H,20,23)/t17-/m0/s1. The molecule has 2 aromatic rings. The lowest BCUT2D eigenvalue weighted by Crippen LogP contribution is -2.47. The first-order valence-corrected chi connectivity index (χ1v) is 8.03. The number of halogens is 1. The minimum atomic E-state index is -0.835. The number of esters is 1. The van der Waals surface area contributed by atoms with Gasteiger partial charge in [-0.05, 0) is 24.1 Å². The molecule has 1 heterocycles. The van der Waals surface area contributed by atoms with Crippen LogP contribution in [0.15, 0.2) is 41.2 Å². The number of benzene rings is 1. The number of ether oxygens (including phenoxy) is 1. The number of rotatable bonds is 6. The molecule has 1 amide bonds. The summed E-state index contributed by atoms with van der Waals surface area (Å²) in [5.41, 5.74) is -0.0699. The summed E-state index contributed by atoms with van der Waals surface area (Å²) in [6.45, 7) is 3.11. The van der Waals surface area contributed by atoms with Crippen molar-refractivity contribution < 1.29 is 18.7 Å². The van der Waals surface area contributed by atoms with Gasteiger partial charge >= 0.3 is 5.97 Å². The number of aromatic nitrogens is 2. The highest BCUT2D eigenvalue weighted by molar-refractivity contribution is 5.84. The number of amides is 1. The second-order valence-electron chi connectivity index (χ2n) is 6.01. The van der Waals surface area contributed by atoms with E-state index in [-0.39, 0.29) is 17.2 Å². The van der Waals surface area contributed by atoms with Crippen LogP contribution in [0.3, 0.4) is 0 Å². The van der Waals surface area contributed by atoms with Crippen LogP contribution < -0.4 is 10.9 Å². The molecule has 2 rings (SSSR count). The Kier molecular flexibility index (Phi) is 6.21. The smallest absolute Gasteiger partial charge is 0.328 e. The lowest BCUT2D eigenvalue weighted by atomic mass is 10.0. The fourth-order valence-corrected chi connectivity index (χ4v) is 2.35. The lowest BCUT2D eigenvalue weighted by molar-refractivity contribution is -0.146. The molecule has 8 heteroatoms. The number of hydrogen-bond acceptors (Lipinski definition) is 5. The lowest BCUT2D eigenvalue weighted by Gasteiger charge is -2.19. The Labute approximate surface area is 149 Å². The van der Waals surface area contributed by atoms with E-state index in [1.807, 2.05) is 0 Å². The molecule has 0 radical (unpaired) electrons. The van der Waals surface area contributed by atoms with E-state index >= 15 is 0 Å². The van der Waals surface area contributed by atoms with Crippen molar-refractivity contribution in [2.24, 2.45) is 5.92 Å². The van der Waals surface area contributed by atoms with Crippen LogP contribution in [0.2, 0.25) is 0 Å². The molecule has 0 saturated carbocycles. The summed E-state index contributed by atoms with van der Waals surface area (Å²) in [7, 11) is 1.23. The quantitative estimate of drug-likeness (QED) is 0.785. The Hall–Kier alpha value is -3.03. The van der Waals surface area contributed by atoms with Crippen LogP contribution in [-0.2, 0) is 20.9 Å². The van der Waals surface area contributed by atoms with Crippen LogP contribution in [0.5, 0.6) is 0 Å². The monoisotopic (exact) mass is 361 g/mol.